The van der Waals surface area contributed by atoms with Gasteiger partial charge in [-0.25, -0.2) is 0 Å². The molecular formula is C25H29N2O4+. The molecule has 0 aliphatic carbocycles. The highest BCUT2D eigenvalue weighted by molar-refractivity contribution is 5.99. The van der Waals surface area contributed by atoms with Crippen LogP contribution in [0.5, 0.6) is 5.75 Å². The van der Waals surface area contributed by atoms with E-state index in [9.17, 15) is 9.59 Å². The molecule has 3 aromatic rings. The van der Waals surface area contributed by atoms with Crippen LogP contribution in [0.3, 0.4) is 0 Å². The fourth-order valence-electron chi connectivity index (χ4n) is 4.34. The van der Waals surface area contributed by atoms with Gasteiger partial charge in [0.2, 0.25) is 5.76 Å². The fraction of sp³-hybridized carbons (Fsp3) is 0.360. The van der Waals surface area contributed by atoms with Crippen molar-refractivity contribution in [3.8, 4) is 5.75 Å². The third-order valence-electron chi connectivity index (χ3n) is 6.09. The molecule has 1 amide bonds. The van der Waals surface area contributed by atoms with Crippen molar-refractivity contribution in [2.45, 2.75) is 26.8 Å². The van der Waals surface area contributed by atoms with Gasteiger partial charge in [0.15, 0.2) is 5.43 Å². The number of carbonyl (C=O) groups excluding carboxylic acids is 1. The number of nitrogens with one attached hydrogen (secondary N) is 1. The van der Waals surface area contributed by atoms with E-state index < -0.39 is 6.04 Å². The Hall–Kier alpha value is -3.12. The van der Waals surface area contributed by atoms with E-state index in [0.717, 1.165) is 30.9 Å². The summed E-state index contributed by atoms with van der Waals surface area (Å²) in [6.45, 7) is 10.1. The molecule has 6 heteroatoms. The molecule has 1 atom stereocenters. The SMILES string of the molecule is CCOc1ccc([C@H]2c3c(oc4ccccc4c3=O)C(=O)N2CC[NH+](CC)CC)cc1. The number of nitrogens with zero attached hydrogens (tertiary/aromatic N) is 1. The maximum absolute atomic E-state index is 13.4. The second-order valence-corrected chi connectivity index (χ2v) is 7.78. The number of likely N-dealkylation sites (N-methyl/N-ethyl adjacent to an activating group) is 1. The molecule has 2 aromatic carbocycles. The Morgan fingerprint density at radius 1 is 1.00 bits per heavy atom. The molecule has 1 aromatic heterocycles. The van der Waals surface area contributed by atoms with Gasteiger partial charge in [-0.1, -0.05) is 24.3 Å². The summed E-state index contributed by atoms with van der Waals surface area (Å²) in [6, 6.07) is 14.3. The Kier molecular flexibility index (Phi) is 6.09. The molecule has 6 nitrogen and oxygen atoms in total. The van der Waals surface area contributed by atoms with Crippen molar-refractivity contribution in [1.29, 1.82) is 0 Å². The summed E-state index contributed by atoms with van der Waals surface area (Å²) in [7, 11) is 0. The maximum Gasteiger partial charge on any atom is 0.291 e. The molecule has 0 unspecified atom stereocenters. The van der Waals surface area contributed by atoms with Crippen LogP contribution in [-0.4, -0.2) is 43.6 Å². The lowest BCUT2D eigenvalue weighted by Crippen LogP contribution is -3.12. The Morgan fingerprint density at radius 3 is 2.39 bits per heavy atom. The van der Waals surface area contributed by atoms with Gasteiger partial charge in [-0.05, 0) is 50.6 Å². The van der Waals surface area contributed by atoms with E-state index in [1.165, 1.54) is 4.90 Å². The minimum atomic E-state index is -0.464. The predicted octanol–water partition coefficient (Wildman–Crippen LogP) is 2.66. The average molecular weight is 422 g/mol. The fourth-order valence-corrected chi connectivity index (χ4v) is 4.34. The molecule has 4 rings (SSSR count). The van der Waals surface area contributed by atoms with Gasteiger partial charge in [0.1, 0.15) is 11.3 Å². The molecule has 31 heavy (non-hydrogen) atoms. The van der Waals surface area contributed by atoms with Crippen LogP contribution < -0.4 is 15.1 Å². The van der Waals surface area contributed by atoms with Gasteiger partial charge in [0.05, 0.1) is 49.8 Å². The van der Waals surface area contributed by atoms with E-state index in [-0.39, 0.29) is 17.1 Å². The molecule has 162 valence electrons. The number of rotatable bonds is 8. The van der Waals surface area contributed by atoms with Crippen LogP contribution in [-0.2, 0) is 0 Å². The first-order valence-electron chi connectivity index (χ1n) is 11.0. The summed E-state index contributed by atoms with van der Waals surface area (Å²) in [5.74, 6) is 0.709. The normalized spacial score (nSPS) is 15.7. The molecule has 0 bridgehead atoms. The van der Waals surface area contributed by atoms with Crippen molar-refractivity contribution in [3.05, 3.63) is 75.6 Å². The molecular weight excluding hydrogens is 392 g/mol. The molecule has 0 spiro atoms. The summed E-state index contributed by atoms with van der Waals surface area (Å²) in [4.78, 5) is 30.0. The van der Waals surface area contributed by atoms with Gasteiger partial charge in [-0.3, -0.25) is 9.59 Å². The molecule has 1 aliphatic rings. The topological polar surface area (TPSA) is 64.2 Å². The Morgan fingerprint density at radius 2 is 1.71 bits per heavy atom. The van der Waals surface area contributed by atoms with Crippen molar-refractivity contribution in [2.24, 2.45) is 0 Å². The van der Waals surface area contributed by atoms with E-state index in [0.29, 0.717) is 29.7 Å². The molecule has 1 aliphatic heterocycles. The molecule has 0 saturated carbocycles. The van der Waals surface area contributed by atoms with E-state index in [1.807, 2.05) is 43.3 Å². The van der Waals surface area contributed by atoms with Crippen LogP contribution in [0.25, 0.3) is 11.0 Å². The number of benzene rings is 2. The highest BCUT2D eigenvalue weighted by Gasteiger charge is 2.42. The quantitative estimate of drug-likeness (QED) is 0.607. The van der Waals surface area contributed by atoms with Crippen molar-refractivity contribution in [1.82, 2.24) is 4.90 Å². The zero-order valence-corrected chi connectivity index (χ0v) is 18.3. The van der Waals surface area contributed by atoms with Gasteiger partial charge in [-0.2, -0.15) is 0 Å². The Balaban J connectivity index is 1.82. The molecule has 2 heterocycles. The number of carbonyl (C=O) groups is 1. The van der Waals surface area contributed by atoms with Crippen LogP contribution in [0.1, 0.15) is 48.5 Å². The Labute approximate surface area is 182 Å². The lowest BCUT2D eigenvalue weighted by molar-refractivity contribution is -0.895. The third kappa shape index (κ3) is 3.83. The van der Waals surface area contributed by atoms with Gasteiger partial charge >= 0.3 is 0 Å². The lowest BCUT2D eigenvalue weighted by atomic mass is 9.98. The zero-order valence-electron chi connectivity index (χ0n) is 18.3. The smallest absolute Gasteiger partial charge is 0.291 e. The van der Waals surface area contributed by atoms with E-state index >= 15 is 0 Å². The molecule has 0 radical (unpaired) electrons. The predicted molar refractivity (Wildman–Crippen MR) is 120 cm³/mol. The number of quaternary nitrogens is 1. The number of para-hydroxylation sites is 1. The van der Waals surface area contributed by atoms with Crippen molar-refractivity contribution >= 4 is 16.9 Å². The number of fused-ring (bicyclic) bond motifs is 2. The van der Waals surface area contributed by atoms with Crippen molar-refractivity contribution in [2.75, 3.05) is 32.8 Å². The highest BCUT2D eigenvalue weighted by Crippen LogP contribution is 2.38. The molecule has 1 N–H and O–H groups in total. The van der Waals surface area contributed by atoms with Crippen LogP contribution in [0.15, 0.2) is 57.7 Å². The number of hydrogen-bond acceptors (Lipinski definition) is 4. The summed E-state index contributed by atoms with van der Waals surface area (Å²) < 4.78 is 11.5. The van der Waals surface area contributed by atoms with E-state index in [1.54, 1.807) is 17.0 Å². The van der Waals surface area contributed by atoms with Gasteiger partial charge in [-0.15, -0.1) is 0 Å². The highest BCUT2D eigenvalue weighted by atomic mass is 16.5. The Bertz CT molecular complexity index is 1130. The second-order valence-electron chi connectivity index (χ2n) is 7.78. The lowest BCUT2D eigenvalue weighted by Gasteiger charge is -2.27. The van der Waals surface area contributed by atoms with Gasteiger partial charge in [0.25, 0.3) is 5.91 Å². The number of ether oxygens (including phenoxy) is 1. The monoisotopic (exact) mass is 421 g/mol. The molecule has 0 saturated heterocycles. The van der Waals surface area contributed by atoms with Crippen LogP contribution in [0.2, 0.25) is 0 Å². The second kappa shape index (κ2) is 8.94. The van der Waals surface area contributed by atoms with Gasteiger partial charge < -0.3 is 19.0 Å². The van der Waals surface area contributed by atoms with Crippen LogP contribution >= 0.6 is 0 Å². The van der Waals surface area contributed by atoms with Crippen molar-refractivity contribution < 1.29 is 18.8 Å². The summed E-state index contributed by atoms with van der Waals surface area (Å²) in [5.41, 5.74) is 1.62. The van der Waals surface area contributed by atoms with Crippen LogP contribution in [0, 0.1) is 0 Å². The minimum Gasteiger partial charge on any atom is -0.494 e. The van der Waals surface area contributed by atoms with Gasteiger partial charge in [0, 0.05) is 0 Å². The largest absolute Gasteiger partial charge is 0.494 e. The molecule has 0 fully saturated rings. The minimum absolute atomic E-state index is 0.137. The van der Waals surface area contributed by atoms with E-state index in [4.69, 9.17) is 9.15 Å². The summed E-state index contributed by atoms with van der Waals surface area (Å²) in [5, 5.41) is 0.501. The maximum atomic E-state index is 13.4. The van der Waals surface area contributed by atoms with E-state index in [2.05, 4.69) is 13.8 Å². The third-order valence-corrected chi connectivity index (χ3v) is 6.09. The summed E-state index contributed by atoms with van der Waals surface area (Å²) in [6.07, 6.45) is 0. The van der Waals surface area contributed by atoms with Crippen molar-refractivity contribution in [3.63, 3.8) is 0 Å². The average Bonchev–Trinajstić information content (AvgIpc) is 3.07. The van der Waals surface area contributed by atoms with Crippen LogP contribution in [0.4, 0.5) is 0 Å². The first kappa shape index (κ1) is 21.1. The zero-order chi connectivity index (χ0) is 22.0. The number of amides is 1. The first-order chi connectivity index (χ1) is 15.1. The standard InChI is InChI=1S/C25H28N2O4/c1-4-26(5-2)15-16-27-22(17-11-13-18(14-12-17)30-6-3)21-23(28)19-9-7-8-10-20(19)31-24(21)25(27)29/h7-14,22H,4-6,15-16H2,1-3H3/p+1/t22-/m0/s1. The number of hydrogen-bond donors (Lipinski definition) is 1. The first-order valence-corrected chi connectivity index (χ1v) is 11.0. The summed E-state index contributed by atoms with van der Waals surface area (Å²) >= 11 is 0.